The van der Waals surface area contributed by atoms with Crippen LogP contribution >= 0.6 is 0 Å². The summed E-state index contributed by atoms with van der Waals surface area (Å²) in [7, 11) is 0. The van der Waals surface area contributed by atoms with E-state index in [1.807, 2.05) is 0 Å². The van der Waals surface area contributed by atoms with E-state index in [2.05, 4.69) is 17.2 Å². The van der Waals surface area contributed by atoms with E-state index in [1.165, 1.54) is 12.3 Å². The van der Waals surface area contributed by atoms with Gasteiger partial charge in [-0.2, -0.15) is 0 Å². The van der Waals surface area contributed by atoms with Crippen molar-refractivity contribution in [2.75, 3.05) is 18.4 Å². The zero-order valence-electron chi connectivity index (χ0n) is 9.82. The van der Waals surface area contributed by atoms with Gasteiger partial charge in [-0.15, -0.1) is 0 Å². The molecule has 1 atom stereocenters. The molecular formula is C12H16FN3O. The molecule has 1 N–H and O–H groups in total. The fourth-order valence-electron chi connectivity index (χ4n) is 2.06. The van der Waals surface area contributed by atoms with Crippen molar-refractivity contribution in [2.24, 2.45) is 5.92 Å². The van der Waals surface area contributed by atoms with E-state index in [0.717, 1.165) is 32.1 Å². The van der Waals surface area contributed by atoms with Crippen LogP contribution in [0.1, 0.15) is 19.8 Å². The van der Waals surface area contributed by atoms with E-state index >= 15 is 0 Å². The molecule has 2 heterocycles. The van der Waals surface area contributed by atoms with Gasteiger partial charge in [0.15, 0.2) is 0 Å². The predicted octanol–water partition coefficient (Wildman–Crippen LogP) is 2.48. The van der Waals surface area contributed by atoms with Gasteiger partial charge in [0.25, 0.3) is 0 Å². The molecule has 0 radical (unpaired) electrons. The first kappa shape index (κ1) is 11.8. The van der Waals surface area contributed by atoms with Crippen LogP contribution in [0, 0.1) is 11.7 Å². The first-order valence-electron chi connectivity index (χ1n) is 5.81. The number of nitrogens with one attached hydrogen (secondary N) is 1. The van der Waals surface area contributed by atoms with E-state index in [4.69, 9.17) is 0 Å². The molecule has 1 aliphatic rings. The van der Waals surface area contributed by atoms with Crippen LogP contribution in [0.5, 0.6) is 0 Å². The molecule has 1 fully saturated rings. The Labute approximate surface area is 99.8 Å². The molecule has 0 saturated carbocycles. The number of piperidine rings is 1. The minimum Gasteiger partial charge on any atom is -0.324 e. The molecule has 0 aromatic carbocycles. The maximum absolute atomic E-state index is 12.9. The third kappa shape index (κ3) is 3.15. The number of halogens is 1. The van der Waals surface area contributed by atoms with Crippen LogP contribution in [0.15, 0.2) is 18.5 Å². The fourth-order valence-corrected chi connectivity index (χ4v) is 2.06. The summed E-state index contributed by atoms with van der Waals surface area (Å²) in [6, 6.07) is 1.09. The Hall–Kier alpha value is -1.65. The lowest BCUT2D eigenvalue weighted by molar-refractivity contribution is 0.182. The topological polar surface area (TPSA) is 45.2 Å². The highest BCUT2D eigenvalue weighted by atomic mass is 19.1. The van der Waals surface area contributed by atoms with Gasteiger partial charge in [-0.3, -0.25) is 4.98 Å². The first-order chi connectivity index (χ1) is 8.15. The van der Waals surface area contributed by atoms with E-state index < -0.39 is 5.82 Å². The van der Waals surface area contributed by atoms with Crippen molar-refractivity contribution >= 4 is 11.7 Å². The van der Waals surface area contributed by atoms with Crippen LogP contribution in [0.2, 0.25) is 0 Å². The molecule has 1 saturated heterocycles. The summed E-state index contributed by atoms with van der Waals surface area (Å²) in [6.07, 6.45) is 4.73. The Morgan fingerprint density at radius 3 is 3.12 bits per heavy atom. The fraction of sp³-hybridized carbons (Fsp3) is 0.500. The highest BCUT2D eigenvalue weighted by Gasteiger charge is 2.20. The van der Waals surface area contributed by atoms with E-state index in [0.29, 0.717) is 11.6 Å². The second-order valence-corrected chi connectivity index (χ2v) is 4.52. The van der Waals surface area contributed by atoms with Gasteiger partial charge in [0, 0.05) is 19.2 Å². The molecule has 2 rings (SSSR count). The van der Waals surface area contributed by atoms with E-state index in [1.54, 1.807) is 4.90 Å². The van der Waals surface area contributed by atoms with E-state index in [-0.39, 0.29) is 6.03 Å². The molecule has 4 nitrogen and oxygen atoms in total. The molecule has 0 aliphatic carbocycles. The lowest BCUT2D eigenvalue weighted by atomic mass is 10.0. The van der Waals surface area contributed by atoms with Crippen molar-refractivity contribution in [1.29, 1.82) is 0 Å². The van der Waals surface area contributed by atoms with Crippen molar-refractivity contribution in [3.05, 3.63) is 24.3 Å². The highest BCUT2D eigenvalue weighted by molar-refractivity contribution is 5.89. The number of carbonyl (C=O) groups excluding carboxylic acids is 1. The number of hydrogen-bond donors (Lipinski definition) is 1. The lowest BCUT2D eigenvalue weighted by Crippen LogP contribution is -2.41. The van der Waals surface area contributed by atoms with Gasteiger partial charge in [0.2, 0.25) is 0 Å². The number of hydrogen-bond acceptors (Lipinski definition) is 2. The standard InChI is InChI=1S/C12H16FN3O/c1-9-3-2-4-16(8-9)12(17)15-11-5-10(13)6-14-7-11/h5-7,9H,2-4,8H2,1H3,(H,15,17). The third-order valence-electron chi connectivity index (χ3n) is 2.90. The van der Waals surface area contributed by atoms with Crippen LogP contribution in [-0.4, -0.2) is 29.0 Å². The molecule has 92 valence electrons. The minimum atomic E-state index is -0.449. The van der Waals surface area contributed by atoms with Gasteiger partial charge in [-0.25, -0.2) is 9.18 Å². The molecule has 1 aromatic rings. The zero-order chi connectivity index (χ0) is 12.3. The number of pyridine rings is 1. The Bertz CT molecular complexity index is 410. The normalized spacial score (nSPS) is 20.1. The molecule has 0 spiro atoms. The first-order valence-corrected chi connectivity index (χ1v) is 5.81. The molecule has 1 aromatic heterocycles. The van der Waals surface area contributed by atoms with Crippen molar-refractivity contribution in [2.45, 2.75) is 19.8 Å². The van der Waals surface area contributed by atoms with Crippen molar-refractivity contribution in [3.8, 4) is 0 Å². The van der Waals surface area contributed by atoms with E-state index in [9.17, 15) is 9.18 Å². The van der Waals surface area contributed by atoms with Gasteiger partial charge in [-0.05, 0) is 18.8 Å². The third-order valence-corrected chi connectivity index (χ3v) is 2.90. The van der Waals surface area contributed by atoms with Gasteiger partial charge in [-0.1, -0.05) is 6.92 Å². The Morgan fingerprint density at radius 2 is 2.41 bits per heavy atom. The van der Waals surface area contributed by atoms with Crippen molar-refractivity contribution < 1.29 is 9.18 Å². The minimum absolute atomic E-state index is 0.177. The van der Waals surface area contributed by atoms with Crippen LogP contribution < -0.4 is 5.32 Å². The van der Waals surface area contributed by atoms with Gasteiger partial charge >= 0.3 is 6.03 Å². The number of carbonyl (C=O) groups is 1. The zero-order valence-corrected chi connectivity index (χ0v) is 9.82. The largest absolute Gasteiger partial charge is 0.324 e. The Balaban J connectivity index is 1.96. The second kappa shape index (κ2) is 5.12. The summed E-state index contributed by atoms with van der Waals surface area (Å²) in [5.41, 5.74) is 0.397. The van der Waals surface area contributed by atoms with Crippen molar-refractivity contribution in [1.82, 2.24) is 9.88 Å². The average Bonchev–Trinajstić information content (AvgIpc) is 2.29. The number of anilines is 1. The maximum Gasteiger partial charge on any atom is 0.321 e. The molecule has 2 amide bonds. The number of nitrogens with zero attached hydrogens (tertiary/aromatic N) is 2. The van der Waals surface area contributed by atoms with Gasteiger partial charge in [0.05, 0.1) is 18.1 Å². The molecule has 5 heteroatoms. The van der Waals surface area contributed by atoms with Crippen molar-refractivity contribution in [3.63, 3.8) is 0 Å². The number of likely N-dealkylation sites (tertiary alicyclic amines) is 1. The molecular weight excluding hydrogens is 221 g/mol. The van der Waals surface area contributed by atoms with Crippen LogP contribution in [0.3, 0.4) is 0 Å². The molecule has 1 aliphatic heterocycles. The number of amides is 2. The SMILES string of the molecule is CC1CCCN(C(=O)Nc2cncc(F)c2)C1. The highest BCUT2D eigenvalue weighted by Crippen LogP contribution is 2.16. The number of urea groups is 1. The second-order valence-electron chi connectivity index (χ2n) is 4.52. The quantitative estimate of drug-likeness (QED) is 0.815. The van der Waals surface area contributed by atoms with Crippen LogP contribution in [-0.2, 0) is 0 Å². The molecule has 0 bridgehead atoms. The van der Waals surface area contributed by atoms with Crippen LogP contribution in [0.4, 0.5) is 14.9 Å². The average molecular weight is 237 g/mol. The summed E-state index contributed by atoms with van der Waals surface area (Å²) in [4.78, 5) is 17.3. The molecule has 17 heavy (non-hydrogen) atoms. The van der Waals surface area contributed by atoms with Gasteiger partial charge in [0.1, 0.15) is 5.82 Å². The van der Waals surface area contributed by atoms with Gasteiger partial charge < -0.3 is 10.2 Å². The number of aromatic nitrogens is 1. The van der Waals surface area contributed by atoms with Crippen LogP contribution in [0.25, 0.3) is 0 Å². The monoisotopic (exact) mass is 237 g/mol. The summed E-state index contributed by atoms with van der Waals surface area (Å²) in [5, 5.41) is 2.66. The summed E-state index contributed by atoms with van der Waals surface area (Å²) < 4.78 is 12.9. The number of rotatable bonds is 1. The Morgan fingerprint density at radius 1 is 1.59 bits per heavy atom. The smallest absolute Gasteiger partial charge is 0.321 e. The molecule has 1 unspecified atom stereocenters. The summed E-state index contributed by atoms with van der Waals surface area (Å²) in [5.74, 6) is 0.0787. The summed E-state index contributed by atoms with van der Waals surface area (Å²) >= 11 is 0. The maximum atomic E-state index is 12.9. The Kier molecular flexibility index (Phi) is 3.56. The summed E-state index contributed by atoms with van der Waals surface area (Å²) in [6.45, 7) is 3.65. The lowest BCUT2D eigenvalue weighted by Gasteiger charge is -2.30. The predicted molar refractivity (Wildman–Crippen MR) is 63.2 cm³/mol.